The molecule has 156 valence electrons. The molecular weight excluding hydrogens is 400 g/mol. The summed E-state index contributed by atoms with van der Waals surface area (Å²) < 4.78 is 29.0. The SMILES string of the molecule is O=C(Nc1ccc(S(=O)(=O)N2CCCCC2)cc1)c1cccc(Cn2ccnc2)c1. The van der Waals surface area contributed by atoms with Crippen molar-refractivity contribution in [3.8, 4) is 0 Å². The Morgan fingerprint density at radius 2 is 1.80 bits per heavy atom. The van der Waals surface area contributed by atoms with Gasteiger partial charge in [-0.3, -0.25) is 4.79 Å². The molecule has 0 spiro atoms. The van der Waals surface area contributed by atoms with Crippen molar-refractivity contribution in [1.82, 2.24) is 13.9 Å². The molecule has 1 amide bonds. The number of carbonyl (C=O) groups excluding carboxylic acids is 1. The van der Waals surface area contributed by atoms with Crippen LogP contribution in [0.1, 0.15) is 35.2 Å². The first kappa shape index (κ1) is 20.3. The van der Waals surface area contributed by atoms with Crippen LogP contribution in [0.5, 0.6) is 0 Å². The standard InChI is InChI=1S/C22H24N4O3S/c27-22(19-6-4-5-18(15-19)16-25-14-11-23-17-25)24-20-7-9-21(10-8-20)30(28,29)26-12-2-1-3-13-26/h4-11,14-15,17H,1-3,12-13,16H2,(H,24,27). The molecule has 0 atom stereocenters. The van der Waals surface area contributed by atoms with Gasteiger partial charge in [0.1, 0.15) is 0 Å². The number of piperidine rings is 1. The molecule has 1 N–H and O–H groups in total. The Morgan fingerprint density at radius 3 is 2.50 bits per heavy atom. The summed E-state index contributed by atoms with van der Waals surface area (Å²) in [5, 5.41) is 2.84. The molecule has 8 heteroatoms. The van der Waals surface area contributed by atoms with Crippen LogP contribution in [-0.4, -0.2) is 41.3 Å². The van der Waals surface area contributed by atoms with E-state index in [4.69, 9.17) is 0 Å². The van der Waals surface area contributed by atoms with Crippen LogP contribution in [0, 0.1) is 0 Å². The van der Waals surface area contributed by atoms with Crippen LogP contribution in [0.4, 0.5) is 5.69 Å². The molecule has 2 aromatic carbocycles. The van der Waals surface area contributed by atoms with E-state index in [1.165, 1.54) is 4.31 Å². The molecule has 1 fully saturated rings. The Labute approximate surface area is 176 Å². The van der Waals surface area contributed by atoms with Gasteiger partial charge in [-0.25, -0.2) is 13.4 Å². The first-order valence-corrected chi connectivity index (χ1v) is 11.4. The van der Waals surface area contributed by atoms with Gasteiger partial charge in [-0.05, 0) is 54.8 Å². The summed E-state index contributed by atoms with van der Waals surface area (Å²) in [6.45, 7) is 1.76. The predicted molar refractivity (Wildman–Crippen MR) is 115 cm³/mol. The van der Waals surface area contributed by atoms with Crippen LogP contribution in [0.15, 0.2) is 72.1 Å². The van der Waals surface area contributed by atoms with Crippen LogP contribution < -0.4 is 5.32 Å². The van der Waals surface area contributed by atoms with Crippen molar-refractivity contribution in [3.63, 3.8) is 0 Å². The monoisotopic (exact) mass is 424 g/mol. The number of sulfonamides is 1. The number of benzene rings is 2. The second-order valence-electron chi connectivity index (χ2n) is 7.38. The predicted octanol–water partition coefficient (Wildman–Crippen LogP) is 3.36. The number of nitrogens with one attached hydrogen (secondary N) is 1. The molecule has 1 aliphatic heterocycles. The van der Waals surface area contributed by atoms with Crippen molar-refractivity contribution < 1.29 is 13.2 Å². The zero-order valence-corrected chi connectivity index (χ0v) is 17.4. The molecule has 0 radical (unpaired) electrons. The molecule has 4 rings (SSSR count). The lowest BCUT2D eigenvalue weighted by molar-refractivity contribution is 0.102. The molecule has 7 nitrogen and oxygen atoms in total. The van der Waals surface area contributed by atoms with Crippen LogP contribution in [0.3, 0.4) is 0 Å². The van der Waals surface area contributed by atoms with E-state index in [-0.39, 0.29) is 10.8 Å². The number of aromatic nitrogens is 2. The fourth-order valence-corrected chi connectivity index (χ4v) is 5.09. The number of nitrogens with zero attached hydrogens (tertiary/aromatic N) is 3. The van der Waals surface area contributed by atoms with Crippen molar-refractivity contribution in [1.29, 1.82) is 0 Å². The lowest BCUT2D eigenvalue weighted by Crippen LogP contribution is -2.35. The first-order chi connectivity index (χ1) is 14.5. The van der Waals surface area contributed by atoms with E-state index in [1.807, 2.05) is 29.0 Å². The highest BCUT2D eigenvalue weighted by Crippen LogP contribution is 2.22. The Kier molecular flexibility index (Phi) is 5.96. The van der Waals surface area contributed by atoms with Crippen molar-refractivity contribution in [3.05, 3.63) is 78.4 Å². The lowest BCUT2D eigenvalue weighted by atomic mass is 10.1. The zero-order valence-electron chi connectivity index (χ0n) is 16.6. The largest absolute Gasteiger partial charge is 0.333 e. The van der Waals surface area contributed by atoms with E-state index < -0.39 is 10.0 Å². The number of imidazole rings is 1. The number of hydrogen-bond acceptors (Lipinski definition) is 4. The van der Waals surface area contributed by atoms with Gasteiger partial charge in [0.05, 0.1) is 11.2 Å². The minimum Gasteiger partial charge on any atom is -0.333 e. The van der Waals surface area contributed by atoms with Gasteiger partial charge in [0.2, 0.25) is 10.0 Å². The molecule has 1 aromatic heterocycles. The molecule has 1 saturated heterocycles. The lowest BCUT2D eigenvalue weighted by Gasteiger charge is -2.25. The number of rotatable bonds is 6. The highest BCUT2D eigenvalue weighted by Gasteiger charge is 2.25. The van der Waals surface area contributed by atoms with E-state index in [9.17, 15) is 13.2 Å². The second-order valence-corrected chi connectivity index (χ2v) is 9.32. The Morgan fingerprint density at radius 1 is 1.03 bits per heavy atom. The molecule has 0 saturated carbocycles. The van der Waals surface area contributed by atoms with Crippen molar-refractivity contribution in [2.45, 2.75) is 30.7 Å². The summed E-state index contributed by atoms with van der Waals surface area (Å²) in [7, 11) is -3.48. The van der Waals surface area contributed by atoms with Gasteiger partial charge in [0, 0.05) is 43.3 Å². The molecule has 3 aromatic rings. The van der Waals surface area contributed by atoms with E-state index in [0.717, 1.165) is 24.8 Å². The average Bonchev–Trinajstić information content (AvgIpc) is 3.28. The van der Waals surface area contributed by atoms with Crippen molar-refractivity contribution in [2.75, 3.05) is 18.4 Å². The molecule has 2 heterocycles. The van der Waals surface area contributed by atoms with Crippen LogP contribution in [0.25, 0.3) is 0 Å². The summed E-state index contributed by atoms with van der Waals surface area (Å²) in [6, 6.07) is 13.7. The average molecular weight is 425 g/mol. The van der Waals surface area contributed by atoms with Gasteiger partial charge < -0.3 is 9.88 Å². The molecule has 0 aliphatic carbocycles. The maximum Gasteiger partial charge on any atom is 0.255 e. The molecule has 0 unspecified atom stereocenters. The zero-order chi connectivity index (χ0) is 21.0. The normalized spacial score (nSPS) is 15.1. The number of amides is 1. The Bertz CT molecular complexity index is 1100. The van der Waals surface area contributed by atoms with Crippen molar-refractivity contribution in [2.24, 2.45) is 0 Å². The van der Waals surface area contributed by atoms with Crippen molar-refractivity contribution >= 4 is 21.6 Å². The van der Waals surface area contributed by atoms with Crippen LogP contribution >= 0.6 is 0 Å². The van der Waals surface area contributed by atoms with E-state index in [0.29, 0.717) is 30.9 Å². The van der Waals surface area contributed by atoms with Gasteiger partial charge in [0.15, 0.2) is 0 Å². The third-order valence-corrected chi connectivity index (χ3v) is 7.09. The Balaban J connectivity index is 1.44. The first-order valence-electron chi connectivity index (χ1n) is 9.99. The molecule has 30 heavy (non-hydrogen) atoms. The minimum absolute atomic E-state index is 0.242. The third kappa shape index (κ3) is 4.60. The van der Waals surface area contributed by atoms with Gasteiger partial charge in [0.25, 0.3) is 5.91 Å². The minimum atomic E-state index is -3.48. The summed E-state index contributed by atoms with van der Waals surface area (Å²) in [6.07, 6.45) is 8.17. The fourth-order valence-electron chi connectivity index (χ4n) is 3.57. The number of carbonyl (C=O) groups is 1. The van der Waals surface area contributed by atoms with Gasteiger partial charge >= 0.3 is 0 Å². The summed E-state index contributed by atoms with van der Waals surface area (Å²) in [5.74, 6) is -0.242. The fraction of sp³-hybridized carbons (Fsp3) is 0.273. The molecule has 1 aliphatic rings. The second kappa shape index (κ2) is 8.81. The number of hydrogen-bond donors (Lipinski definition) is 1. The number of anilines is 1. The topological polar surface area (TPSA) is 84.3 Å². The molecular formula is C22H24N4O3S. The van der Waals surface area contributed by atoms with E-state index in [2.05, 4.69) is 10.3 Å². The quantitative estimate of drug-likeness (QED) is 0.658. The summed E-state index contributed by atoms with van der Waals surface area (Å²) >= 11 is 0. The highest BCUT2D eigenvalue weighted by molar-refractivity contribution is 7.89. The van der Waals surface area contributed by atoms with Crippen LogP contribution in [0.2, 0.25) is 0 Å². The Hall–Kier alpha value is -2.97. The maximum atomic E-state index is 12.7. The van der Waals surface area contributed by atoms with Crippen LogP contribution in [-0.2, 0) is 16.6 Å². The van der Waals surface area contributed by atoms with Gasteiger partial charge in [-0.1, -0.05) is 18.6 Å². The summed E-state index contributed by atoms with van der Waals surface area (Å²) in [5.41, 5.74) is 2.08. The smallest absolute Gasteiger partial charge is 0.255 e. The molecule has 0 bridgehead atoms. The summed E-state index contributed by atoms with van der Waals surface area (Å²) in [4.78, 5) is 16.9. The van der Waals surface area contributed by atoms with E-state index in [1.54, 1.807) is 42.9 Å². The highest BCUT2D eigenvalue weighted by atomic mass is 32.2. The maximum absolute atomic E-state index is 12.7. The third-order valence-electron chi connectivity index (χ3n) is 5.18. The van der Waals surface area contributed by atoms with Gasteiger partial charge in [-0.15, -0.1) is 0 Å². The van der Waals surface area contributed by atoms with E-state index >= 15 is 0 Å². The van der Waals surface area contributed by atoms with Gasteiger partial charge in [-0.2, -0.15) is 4.31 Å².